The van der Waals surface area contributed by atoms with Crippen LogP contribution in [0.15, 0.2) is 16.6 Å². The van der Waals surface area contributed by atoms with Crippen LogP contribution in [0.25, 0.3) is 0 Å². The van der Waals surface area contributed by atoms with Crippen LogP contribution in [0, 0.1) is 0 Å². The van der Waals surface area contributed by atoms with Gasteiger partial charge in [0.25, 0.3) is 0 Å². The van der Waals surface area contributed by atoms with Gasteiger partial charge in [0.05, 0.1) is 13.2 Å². The molecular weight excluding hydrogens is 358 g/mol. The van der Waals surface area contributed by atoms with Crippen molar-refractivity contribution in [2.75, 3.05) is 46.4 Å². The van der Waals surface area contributed by atoms with Crippen LogP contribution < -0.4 is 20.1 Å². The van der Waals surface area contributed by atoms with E-state index >= 15 is 0 Å². The molecule has 2 rings (SSSR count). The lowest BCUT2D eigenvalue weighted by atomic mass is 10.1. The molecule has 6 heteroatoms. The van der Waals surface area contributed by atoms with Gasteiger partial charge >= 0.3 is 0 Å². The van der Waals surface area contributed by atoms with Gasteiger partial charge in [-0.05, 0) is 26.0 Å². The number of rotatable bonds is 8. The summed E-state index contributed by atoms with van der Waals surface area (Å²) >= 11 is 3.55. The van der Waals surface area contributed by atoms with Crippen LogP contribution in [-0.2, 0) is 6.54 Å². The Morgan fingerprint density at radius 2 is 2.04 bits per heavy atom. The van der Waals surface area contributed by atoms with Gasteiger partial charge in [0.1, 0.15) is 0 Å². The number of nitrogens with one attached hydrogen (secondary N) is 2. The van der Waals surface area contributed by atoms with E-state index in [9.17, 15) is 0 Å². The molecule has 1 aromatic rings. The van der Waals surface area contributed by atoms with E-state index in [1.807, 2.05) is 19.9 Å². The van der Waals surface area contributed by atoms with Crippen LogP contribution in [0.5, 0.6) is 11.5 Å². The topological polar surface area (TPSA) is 45.8 Å². The highest BCUT2D eigenvalue weighted by atomic mass is 79.9. The van der Waals surface area contributed by atoms with Crippen molar-refractivity contribution in [3.8, 4) is 11.5 Å². The number of halogens is 1. The van der Waals surface area contributed by atoms with E-state index in [1.54, 1.807) is 7.11 Å². The average Bonchev–Trinajstić information content (AvgIpc) is 2.54. The van der Waals surface area contributed by atoms with E-state index in [4.69, 9.17) is 9.47 Å². The van der Waals surface area contributed by atoms with E-state index in [-0.39, 0.29) is 6.10 Å². The molecule has 0 amide bonds. The molecular formula is C17H28BrN3O2. The lowest BCUT2D eigenvalue weighted by Crippen LogP contribution is -2.45. The van der Waals surface area contributed by atoms with Gasteiger partial charge < -0.3 is 20.1 Å². The second kappa shape index (κ2) is 9.47. The fourth-order valence-corrected chi connectivity index (χ4v) is 3.15. The molecule has 1 aliphatic rings. The molecule has 2 N–H and O–H groups in total. The molecule has 0 spiro atoms. The van der Waals surface area contributed by atoms with E-state index in [1.165, 1.54) is 0 Å². The predicted octanol–water partition coefficient (Wildman–Crippen LogP) is 2.24. The number of ether oxygens (including phenoxy) is 2. The van der Waals surface area contributed by atoms with Gasteiger partial charge in [-0.2, -0.15) is 0 Å². The summed E-state index contributed by atoms with van der Waals surface area (Å²) in [4.78, 5) is 2.48. The number of benzene rings is 1. The van der Waals surface area contributed by atoms with Crippen LogP contribution in [0.3, 0.4) is 0 Å². The Morgan fingerprint density at radius 1 is 1.30 bits per heavy atom. The van der Waals surface area contributed by atoms with Crippen molar-refractivity contribution in [2.24, 2.45) is 0 Å². The summed E-state index contributed by atoms with van der Waals surface area (Å²) in [5.74, 6) is 1.60. The lowest BCUT2D eigenvalue weighted by molar-refractivity contribution is 0.226. The van der Waals surface area contributed by atoms with Gasteiger partial charge in [-0.1, -0.05) is 15.9 Å². The fourth-order valence-electron chi connectivity index (χ4n) is 2.67. The molecule has 23 heavy (non-hydrogen) atoms. The van der Waals surface area contributed by atoms with Gasteiger partial charge in [-0.15, -0.1) is 0 Å². The van der Waals surface area contributed by atoms with E-state index in [0.717, 1.165) is 67.3 Å². The van der Waals surface area contributed by atoms with Gasteiger partial charge in [0.2, 0.25) is 0 Å². The number of piperazine rings is 1. The quantitative estimate of drug-likeness (QED) is 0.671. The molecule has 1 heterocycles. The van der Waals surface area contributed by atoms with Crippen molar-refractivity contribution in [2.45, 2.75) is 26.5 Å². The summed E-state index contributed by atoms with van der Waals surface area (Å²) in [5.41, 5.74) is 1.12. The Kier molecular flexibility index (Phi) is 7.62. The highest BCUT2D eigenvalue weighted by Crippen LogP contribution is 2.35. The largest absolute Gasteiger partial charge is 0.493 e. The molecule has 0 unspecified atom stereocenters. The summed E-state index contributed by atoms with van der Waals surface area (Å²) in [7, 11) is 1.68. The third-order valence-electron chi connectivity index (χ3n) is 3.80. The van der Waals surface area contributed by atoms with Crippen molar-refractivity contribution >= 4 is 15.9 Å². The summed E-state index contributed by atoms with van der Waals surface area (Å²) in [5, 5.41) is 6.90. The van der Waals surface area contributed by atoms with Crippen LogP contribution in [0.1, 0.15) is 19.4 Å². The summed E-state index contributed by atoms with van der Waals surface area (Å²) < 4.78 is 12.4. The Labute approximate surface area is 147 Å². The van der Waals surface area contributed by atoms with Gasteiger partial charge in [-0.3, -0.25) is 4.90 Å². The van der Waals surface area contributed by atoms with E-state index in [2.05, 4.69) is 37.5 Å². The number of nitrogens with zero attached hydrogens (tertiary/aromatic N) is 1. The zero-order valence-electron chi connectivity index (χ0n) is 14.3. The maximum absolute atomic E-state index is 5.96. The molecule has 0 aliphatic carbocycles. The molecule has 0 saturated carbocycles. The third-order valence-corrected chi connectivity index (χ3v) is 4.26. The van der Waals surface area contributed by atoms with Crippen LogP contribution in [-0.4, -0.2) is 57.4 Å². The fraction of sp³-hybridized carbons (Fsp3) is 0.647. The van der Waals surface area contributed by atoms with E-state index < -0.39 is 0 Å². The zero-order chi connectivity index (χ0) is 16.7. The second-order valence-corrected chi connectivity index (χ2v) is 6.95. The van der Waals surface area contributed by atoms with Crippen LogP contribution in [0.4, 0.5) is 0 Å². The Morgan fingerprint density at radius 3 is 2.70 bits per heavy atom. The van der Waals surface area contributed by atoms with Crippen molar-refractivity contribution in [1.29, 1.82) is 0 Å². The molecule has 0 bridgehead atoms. The van der Waals surface area contributed by atoms with Crippen LogP contribution >= 0.6 is 15.9 Å². The molecule has 1 saturated heterocycles. The minimum absolute atomic E-state index is 0.115. The predicted molar refractivity (Wildman–Crippen MR) is 97.5 cm³/mol. The SMILES string of the molecule is COc1cc(Br)cc(CNCCN2CCNCC2)c1OC(C)C. The maximum Gasteiger partial charge on any atom is 0.166 e. The summed E-state index contributed by atoms with van der Waals surface area (Å²) in [6.45, 7) is 11.3. The standard InChI is InChI=1S/C17H28BrN3O2/c1-13(2)23-17-14(10-15(18)11-16(17)22-3)12-20-6-9-21-7-4-19-5-8-21/h10-11,13,19-20H,4-9,12H2,1-3H3. The number of methoxy groups -OCH3 is 1. The lowest BCUT2D eigenvalue weighted by Gasteiger charge is -2.27. The van der Waals surface area contributed by atoms with Gasteiger partial charge in [-0.25, -0.2) is 0 Å². The number of hydrogen-bond acceptors (Lipinski definition) is 5. The molecule has 1 aliphatic heterocycles. The molecule has 130 valence electrons. The van der Waals surface area contributed by atoms with Crippen LogP contribution in [0.2, 0.25) is 0 Å². The molecule has 0 radical (unpaired) electrons. The first kappa shape index (κ1) is 18.5. The molecule has 1 aromatic carbocycles. The van der Waals surface area contributed by atoms with E-state index in [0.29, 0.717) is 0 Å². The maximum atomic E-state index is 5.96. The highest BCUT2D eigenvalue weighted by Gasteiger charge is 2.14. The minimum atomic E-state index is 0.115. The minimum Gasteiger partial charge on any atom is -0.493 e. The highest BCUT2D eigenvalue weighted by molar-refractivity contribution is 9.10. The molecule has 0 atom stereocenters. The third kappa shape index (κ3) is 5.95. The first-order valence-electron chi connectivity index (χ1n) is 8.27. The van der Waals surface area contributed by atoms with Crippen molar-refractivity contribution in [3.63, 3.8) is 0 Å². The molecule has 1 fully saturated rings. The Bertz CT molecular complexity index is 491. The van der Waals surface area contributed by atoms with Crippen molar-refractivity contribution in [1.82, 2.24) is 15.5 Å². The zero-order valence-corrected chi connectivity index (χ0v) is 15.9. The molecule has 0 aromatic heterocycles. The smallest absolute Gasteiger partial charge is 0.166 e. The average molecular weight is 386 g/mol. The normalized spacial score (nSPS) is 15.9. The Balaban J connectivity index is 1.93. The van der Waals surface area contributed by atoms with Crippen molar-refractivity contribution < 1.29 is 9.47 Å². The summed E-state index contributed by atoms with van der Waals surface area (Å²) in [6, 6.07) is 4.04. The van der Waals surface area contributed by atoms with Gasteiger partial charge in [0.15, 0.2) is 11.5 Å². The first-order chi connectivity index (χ1) is 11.1. The Hall–Kier alpha value is -0.820. The monoisotopic (exact) mass is 385 g/mol. The second-order valence-electron chi connectivity index (χ2n) is 6.03. The first-order valence-corrected chi connectivity index (χ1v) is 9.06. The summed E-state index contributed by atoms with van der Waals surface area (Å²) in [6.07, 6.45) is 0.115. The molecule has 5 nitrogen and oxygen atoms in total. The number of hydrogen-bond donors (Lipinski definition) is 2. The van der Waals surface area contributed by atoms with Crippen molar-refractivity contribution in [3.05, 3.63) is 22.2 Å². The van der Waals surface area contributed by atoms with Gasteiger partial charge in [0, 0.05) is 55.8 Å².